The second-order valence-electron chi connectivity index (χ2n) is 4.60. The minimum absolute atomic E-state index is 0.0113. The van der Waals surface area contributed by atoms with Crippen LogP contribution in [-0.4, -0.2) is 21.3 Å². The van der Waals surface area contributed by atoms with Crippen molar-refractivity contribution in [3.8, 4) is 17.2 Å². The number of esters is 1. The molecule has 0 atom stereocenters. The highest BCUT2D eigenvalue weighted by atomic mass is 35.5. The van der Waals surface area contributed by atoms with Crippen LogP contribution in [0.4, 0.5) is 0 Å². The Morgan fingerprint density at radius 2 is 1.96 bits per heavy atom. The molecule has 0 saturated carbocycles. The first kappa shape index (κ1) is 15.1. The molecule has 0 aliphatic heterocycles. The molecule has 0 amide bonds. The summed E-state index contributed by atoms with van der Waals surface area (Å²) in [5.41, 5.74) is 0.783. The van der Waals surface area contributed by atoms with Gasteiger partial charge in [-0.15, -0.1) is 10.2 Å². The van der Waals surface area contributed by atoms with Gasteiger partial charge in [-0.25, -0.2) is 4.79 Å². The van der Waals surface area contributed by atoms with Crippen molar-refractivity contribution in [1.29, 1.82) is 0 Å². The summed E-state index contributed by atoms with van der Waals surface area (Å²) < 4.78 is 10.5. The fourth-order valence-corrected chi connectivity index (χ4v) is 2.06. The van der Waals surface area contributed by atoms with Gasteiger partial charge in [0.25, 0.3) is 5.89 Å². The third-order valence-electron chi connectivity index (χ3n) is 2.99. The lowest BCUT2D eigenvalue weighted by Gasteiger charge is -2.04. The highest BCUT2D eigenvalue weighted by Crippen LogP contribution is 2.23. The van der Waals surface area contributed by atoms with E-state index in [0.29, 0.717) is 10.9 Å². The molecule has 116 valence electrons. The van der Waals surface area contributed by atoms with Gasteiger partial charge < -0.3 is 14.3 Å². The Balaban J connectivity index is 1.67. The average molecular weight is 331 g/mol. The molecule has 2 aromatic carbocycles. The lowest BCUT2D eigenvalue weighted by atomic mass is 10.2. The Bertz CT molecular complexity index is 833. The summed E-state index contributed by atoms with van der Waals surface area (Å²) in [5.74, 6) is -0.465. The van der Waals surface area contributed by atoms with Crippen molar-refractivity contribution in [2.45, 2.75) is 6.61 Å². The second-order valence-corrected chi connectivity index (χ2v) is 5.04. The van der Waals surface area contributed by atoms with Crippen molar-refractivity contribution in [1.82, 2.24) is 10.2 Å². The van der Waals surface area contributed by atoms with Crippen LogP contribution in [0.15, 0.2) is 52.9 Å². The van der Waals surface area contributed by atoms with Crippen molar-refractivity contribution >= 4 is 17.6 Å². The molecular formula is C16H11ClN2O4. The van der Waals surface area contributed by atoms with Crippen molar-refractivity contribution < 1.29 is 19.1 Å². The fourth-order valence-electron chi connectivity index (χ4n) is 1.89. The Labute approximate surface area is 136 Å². The highest BCUT2D eigenvalue weighted by Gasteiger charge is 2.15. The molecule has 0 spiro atoms. The van der Waals surface area contributed by atoms with Crippen LogP contribution in [0.25, 0.3) is 11.5 Å². The van der Waals surface area contributed by atoms with Crippen LogP contribution in [0, 0.1) is 0 Å². The Morgan fingerprint density at radius 1 is 1.17 bits per heavy atom. The van der Waals surface area contributed by atoms with Crippen molar-refractivity contribution in [3.63, 3.8) is 0 Å². The summed E-state index contributed by atoms with van der Waals surface area (Å²) >= 11 is 5.71. The molecule has 7 heteroatoms. The maximum atomic E-state index is 11.9. The molecule has 0 radical (unpaired) electrons. The summed E-state index contributed by atoms with van der Waals surface area (Å²) in [6.45, 7) is -0.194. The van der Waals surface area contributed by atoms with Gasteiger partial charge in [-0.1, -0.05) is 29.8 Å². The maximum Gasteiger partial charge on any atom is 0.342 e. The van der Waals surface area contributed by atoms with Crippen LogP contribution in [-0.2, 0) is 11.3 Å². The van der Waals surface area contributed by atoms with Crippen molar-refractivity contribution in [2.24, 2.45) is 0 Å². The van der Waals surface area contributed by atoms with Crippen LogP contribution in [0.3, 0.4) is 0 Å². The van der Waals surface area contributed by atoms with Gasteiger partial charge in [0, 0.05) is 10.6 Å². The third kappa shape index (κ3) is 3.49. The summed E-state index contributed by atoms with van der Waals surface area (Å²) in [4.78, 5) is 11.9. The molecule has 0 aliphatic rings. The molecule has 0 bridgehead atoms. The van der Waals surface area contributed by atoms with Crippen LogP contribution in [0.2, 0.25) is 5.02 Å². The van der Waals surface area contributed by atoms with E-state index in [-0.39, 0.29) is 23.8 Å². The van der Waals surface area contributed by atoms with Gasteiger partial charge in [0.05, 0.1) is 0 Å². The molecule has 0 saturated heterocycles. The van der Waals surface area contributed by atoms with Gasteiger partial charge in [0.15, 0.2) is 6.61 Å². The van der Waals surface area contributed by atoms with E-state index in [0.717, 1.165) is 5.56 Å². The molecular weight excluding hydrogens is 320 g/mol. The summed E-state index contributed by atoms with van der Waals surface area (Å²) in [7, 11) is 0. The van der Waals surface area contributed by atoms with Crippen LogP contribution < -0.4 is 0 Å². The molecule has 3 rings (SSSR count). The number of aromatic hydroxyl groups is 1. The number of phenols is 1. The van der Waals surface area contributed by atoms with E-state index < -0.39 is 5.97 Å². The summed E-state index contributed by atoms with van der Waals surface area (Å²) in [6.07, 6.45) is 0. The molecule has 6 nitrogen and oxygen atoms in total. The van der Waals surface area contributed by atoms with E-state index in [1.54, 1.807) is 0 Å². The van der Waals surface area contributed by atoms with Gasteiger partial charge in [0.1, 0.15) is 11.3 Å². The minimum Gasteiger partial charge on any atom is -0.507 e. The lowest BCUT2D eigenvalue weighted by Crippen LogP contribution is -2.05. The number of carbonyl (C=O) groups is 1. The van der Waals surface area contributed by atoms with Crippen LogP contribution in [0.1, 0.15) is 16.2 Å². The fraction of sp³-hybridized carbons (Fsp3) is 0.0625. The Morgan fingerprint density at radius 3 is 2.70 bits per heavy atom. The predicted molar refractivity (Wildman–Crippen MR) is 82.0 cm³/mol. The number of rotatable bonds is 4. The number of ether oxygens (including phenoxy) is 1. The lowest BCUT2D eigenvalue weighted by molar-refractivity contribution is 0.0435. The van der Waals surface area contributed by atoms with E-state index in [4.69, 9.17) is 20.8 Å². The van der Waals surface area contributed by atoms with E-state index in [9.17, 15) is 9.90 Å². The van der Waals surface area contributed by atoms with Crippen LogP contribution >= 0.6 is 11.6 Å². The monoisotopic (exact) mass is 330 g/mol. The van der Waals surface area contributed by atoms with E-state index in [1.807, 2.05) is 30.3 Å². The van der Waals surface area contributed by atoms with Gasteiger partial charge >= 0.3 is 5.97 Å². The quantitative estimate of drug-likeness (QED) is 0.737. The number of hydrogen-bond donors (Lipinski definition) is 1. The smallest absolute Gasteiger partial charge is 0.342 e. The number of phenolic OH excluding ortho intramolecular Hbond substituents is 1. The zero-order chi connectivity index (χ0) is 16.2. The SMILES string of the molecule is O=C(OCc1nnc(-c2ccccc2)o1)c1ccc(Cl)cc1O. The zero-order valence-electron chi connectivity index (χ0n) is 11.8. The van der Waals surface area contributed by atoms with Crippen molar-refractivity contribution in [3.05, 3.63) is 65.0 Å². The zero-order valence-corrected chi connectivity index (χ0v) is 12.5. The number of nitrogens with zero attached hydrogens (tertiary/aromatic N) is 2. The molecule has 1 heterocycles. The molecule has 1 N–H and O–H groups in total. The first-order valence-corrected chi connectivity index (χ1v) is 7.05. The Hall–Kier alpha value is -2.86. The standard InChI is InChI=1S/C16H11ClN2O4/c17-11-6-7-12(13(20)8-11)16(21)22-9-14-18-19-15(23-14)10-4-2-1-3-5-10/h1-8,20H,9H2. The average Bonchev–Trinajstić information content (AvgIpc) is 3.02. The van der Waals surface area contributed by atoms with Gasteiger partial charge in [-0.2, -0.15) is 0 Å². The van der Waals surface area contributed by atoms with Gasteiger partial charge in [-0.3, -0.25) is 0 Å². The maximum absolute atomic E-state index is 11.9. The largest absolute Gasteiger partial charge is 0.507 e. The molecule has 3 aromatic rings. The van der Waals surface area contributed by atoms with E-state index in [2.05, 4.69) is 10.2 Å². The molecule has 0 fully saturated rings. The molecule has 0 unspecified atom stereocenters. The number of benzene rings is 2. The van der Waals surface area contributed by atoms with E-state index >= 15 is 0 Å². The van der Waals surface area contributed by atoms with E-state index in [1.165, 1.54) is 18.2 Å². The highest BCUT2D eigenvalue weighted by molar-refractivity contribution is 6.30. The first-order chi connectivity index (χ1) is 11.1. The molecule has 23 heavy (non-hydrogen) atoms. The summed E-state index contributed by atoms with van der Waals surface area (Å²) in [6, 6.07) is 13.4. The number of carbonyl (C=O) groups excluding carboxylic acids is 1. The Kier molecular flexibility index (Phi) is 4.25. The molecule has 0 aliphatic carbocycles. The first-order valence-electron chi connectivity index (χ1n) is 6.67. The number of aromatic nitrogens is 2. The summed E-state index contributed by atoms with van der Waals surface area (Å²) in [5, 5.41) is 17.7. The second kappa shape index (κ2) is 6.50. The number of hydrogen-bond acceptors (Lipinski definition) is 6. The van der Waals surface area contributed by atoms with Gasteiger partial charge in [0.2, 0.25) is 5.89 Å². The third-order valence-corrected chi connectivity index (χ3v) is 3.23. The van der Waals surface area contributed by atoms with Crippen molar-refractivity contribution in [2.75, 3.05) is 0 Å². The number of halogens is 1. The normalized spacial score (nSPS) is 10.5. The predicted octanol–water partition coefficient (Wildman–Crippen LogP) is 3.45. The molecule has 1 aromatic heterocycles. The van der Waals surface area contributed by atoms with Gasteiger partial charge in [-0.05, 0) is 30.3 Å². The topological polar surface area (TPSA) is 85.5 Å². The minimum atomic E-state index is -0.710. The van der Waals surface area contributed by atoms with Crippen LogP contribution in [0.5, 0.6) is 5.75 Å².